The maximum absolute atomic E-state index is 11.3. The lowest BCUT2D eigenvalue weighted by atomic mass is 9.73. The molecule has 1 aliphatic heterocycles. The fourth-order valence-electron chi connectivity index (χ4n) is 2.56. The average molecular weight is 210 g/mol. The summed E-state index contributed by atoms with van der Waals surface area (Å²) in [6.07, 6.45) is 5.26. The topological polar surface area (TPSA) is 46.5 Å². The summed E-state index contributed by atoms with van der Waals surface area (Å²) in [5.41, 5.74) is -0.225. The van der Waals surface area contributed by atoms with E-state index < -0.39 is 11.7 Å². The van der Waals surface area contributed by atoms with Gasteiger partial charge in [0.25, 0.3) is 0 Å². The maximum Gasteiger partial charge on any atom is 0.334 e. The van der Waals surface area contributed by atoms with Crippen LogP contribution in [0.15, 0.2) is 11.6 Å². The predicted octanol–water partition coefficient (Wildman–Crippen LogP) is 1.80. The molecule has 1 saturated carbocycles. The third kappa shape index (κ3) is 1.69. The summed E-state index contributed by atoms with van der Waals surface area (Å²) in [6, 6.07) is 0. The highest BCUT2D eigenvalue weighted by Gasteiger charge is 2.46. The lowest BCUT2D eigenvalue weighted by Crippen LogP contribution is -2.49. The highest BCUT2D eigenvalue weighted by Crippen LogP contribution is 2.39. The van der Waals surface area contributed by atoms with E-state index in [0.29, 0.717) is 5.57 Å². The van der Waals surface area contributed by atoms with Gasteiger partial charge in [-0.2, -0.15) is 0 Å². The monoisotopic (exact) mass is 210 g/mol. The fraction of sp³-hybridized carbons (Fsp3) is 0.750. The van der Waals surface area contributed by atoms with E-state index in [1.54, 1.807) is 13.0 Å². The fourth-order valence-corrected chi connectivity index (χ4v) is 2.56. The van der Waals surface area contributed by atoms with Crippen LogP contribution in [-0.4, -0.2) is 22.8 Å². The molecular formula is C12H18O3. The van der Waals surface area contributed by atoms with Crippen LogP contribution in [0.25, 0.3) is 0 Å². The van der Waals surface area contributed by atoms with Crippen LogP contribution in [0.3, 0.4) is 0 Å². The maximum atomic E-state index is 11.3. The first-order valence-electron chi connectivity index (χ1n) is 5.66. The first-order chi connectivity index (χ1) is 7.04. The van der Waals surface area contributed by atoms with E-state index in [1.165, 1.54) is 0 Å². The van der Waals surface area contributed by atoms with Crippen molar-refractivity contribution in [3.8, 4) is 0 Å². The highest BCUT2D eigenvalue weighted by molar-refractivity contribution is 5.90. The van der Waals surface area contributed by atoms with Gasteiger partial charge in [-0.3, -0.25) is 0 Å². The van der Waals surface area contributed by atoms with Gasteiger partial charge in [0.1, 0.15) is 11.7 Å². The summed E-state index contributed by atoms with van der Waals surface area (Å²) in [5.74, 6) is -0.0857. The lowest BCUT2D eigenvalue weighted by molar-refractivity contribution is -0.160. The quantitative estimate of drug-likeness (QED) is 0.671. The van der Waals surface area contributed by atoms with Crippen LogP contribution in [0.2, 0.25) is 0 Å². The average Bonchev–Trinajstić information content (AvgIpc) is 2.53. The van der Waals surface area contributed by atoms with E-state index in [4.69, 9.17) is 4.74 Å². The first-order valence-corrected chi connectivity index (χ1v) is 5.66. The number of esters is 1. The van der Waals surface area contributed by atoms with E-state index in [-0.39, 0.29) is 11.9 Å². The van der Waals surface area contributed by atoms with Crippen LogP contribution in [-0.2, 0) is 9.53 Å². The van der Waals surface area contributed by atoms with Crippen molar-refractivity contribution in [2.45, 2.75) is 51.2 Å². The van der Waals surface area contributed by atoms with Crippen LogP contribution < -0.4 is 0 Å². The minimum absolute atomic E-state index is 0.200. The molecular weight excluding hydrogens is 192 g/mol. The molecule has 84 valence electrons. The molecule has 0 bridgehead atoms. The Morgan fingerprint density at radius 1 is 1.53 bits per heavy atom. The van der Waals surface area contributed by atoms with Gasteiger partial charge >= 0.3 is 5.97 Å². The van der Waals surface area contributed by atoms with Crippen molar-refractivity contribution in [2.75, 3.05) is 0 Å². The normalized spacial score (nSPS) is 41.3. The molecule has 3 heteroatoms. The molecule has 0 radical (unpaired) electrons. The predicted molar refractivity (Wildman–Crippen MR) is 56.2 cm³/mol. The number of aliphatic hydroxyl groups is 1. The second-order valence-electron chi connectivity index (χ2n) is 4.81. The molecule has 0 unspecified atom stereocenters. The van der Waals surface area contributed by atoms with Crippen molar-refractivity contribution < 1.29 is 14.6 Å². The molecule has 1 N–H and O–H groups in total. The zero-order chi connectivity index (χ0) is 11.1. The number of rotatable bonds is 1. The van der Waals surface area contributed by atoms with Crippen LogP contribution in [0.5, 0.6) is 0 Å². The first kappa shape index (κ1) is 10.7. The second-order valence-corrected chi connectivity index (χ2v) is 4.81. The van der Waals surface area contributed by atoms with E-state index >= 15 is 0 Å². The summed E-state index contributed by atoms with van der Waals surface area (Å²) in [7, 11) is 0. The van der Waals surface area contributed by atoms with Gasteiger partial charge in [-0.15, -0.1) is 0 Å². The van der Waals surface area contributed by atoms with Gasteiger partial charge < -0.3 is 9.84 Å². The number of ether oxygens (including phenoxy) is 1. The van der Waals surface area contributed by atoms with Crippen LogP contribution >= 0.6 is 0 Å². The molecule has 0 saturated heterocycles. The molecule has 0 aromatic rings. The van der Waals surface area contributed by atoms with Crippen molar-refractivity contribution in [1.29, 1.82) is 0 Å². The molecule has 1 fully saturated rings. The summed E-state index contributed by atoms with van der Waals surface area (Å²) in [6.45, 7) is 3.77. The summed E-state index contributed by atoms with van der Waals surface area (Å²) in [4.78, 5) is 11.3. The van der Waals surface area contributed by atoms with Crippen molar-refractivity contribution in [2.24, 2.45) is 5.92 Å². The Morgan fingerprint density at radius 2 is 2.27 bits per heavy atom. The van der Waals surface area contributed by atoms with Gasteiger partial charge in [0.05, 0.1) is 0 Å². The molecule has 0 aromatic carbocycles. The third-order valence-corrected chi connectivity index (χ3v) is 3.77. The Labute approximate surface area is 90.1 Å². The van der Waals surface area contributed by atoms with Gasteiger partial charge in [0.15, 0.2) is 0 Å². The van der Waals surface area contributed by atoms with Crippen LogP contribution in [0.1, 0.15) is 39.5 Å². The smallest absolute Gasteiger partial charge is 0.334 e. The van der Waals surface area contributed by atoms with E-state index in [9.17, 15) is 9.90 Å². The second kappa shape index (κ2) is 3.63. The molecule has 0 spiro atoms. The lowest BCUT2D eigenvalue weighted by Gasteiger charge is -2.40. The van der Waals surface area contributed by atoms with Crippen LogP contribution in [0.4, 0.5) is 0 Å². The number of hydrogen-bond donors (Lipinski definition) is 1. The Bertz CT molecular complexity index is 308. The summed E-state index contributed by atoms with van der Waals surface area (Å²) < 4.78 is 5.20. The number of cyclic esters (lactones) is 1. The summed E-state index contributed by atoms with van der Waals surface area (Å²) >= 11 is 0. The van der Waals surface area contributed by atoms with Gasteiger partial charge in [0, 0.05) is 5.57 Å². The molecule has 2 rings (SSSR count). The Hall–Kier alpha value is -0.830. The minimum atomic E-state index is -0.842. The number of carbonyl (C=O) groups excluding carboxylic acids is 1. The van der Waals surface area contributed by atoms with E-state index in [0.717, 1.165) is 25.7 Å². The molecule has 0 amide bonds. The highest BCUT2D eigenvalue weighted by atomic mass is 16.6. The van der Waals surface area contributed by atoms with Crippen molar-refractivity contribution in [1.82, 2.24) is 0 Å². The molecule has 15 heavy (non-hydrogen) atoms. The molecule has 1 heterocycles. The molecule has 2 aliphatic rings. The Kier molecular flexibility index (Phi) is 2.59. The largest absolute Gasteiger partial charge is 0.452 e. The van der Waals surface area contributed by atoms with Crippen molar-refractivity contribution >= 4 is 5.97 Å². The zero-order valence-electron chi connectivity index (χ0n) is 9.32. The van der Waals surface area contributed by atoms with Gasteiger partial charge in [-0.25, -0.2) is 4.79 Å². The number of carbonyl (C=O) groups is 1. The minimum Gasteiger partial charge on any atom is -0.452 e. The van der Waals surface area contributed by atoms with Gasteiger partial charge in [-0.1, -0.05) is 19.8 Å². The Morgan fingerprint density at radius 3 is 2.80 bits per heavy atom. The molecule has 3 nitrogen and oxygen atoms in total. The van der Waals surface area contributed by atoms with E-state index in [2.05, 4.69) is 0 Å². The molecule has 3 atom stereocenters. The van der Waals surface area contributed by atoms with Crippen molar-refractivity contribution in [3.05, 3.63) is 11.6 Å². The standard InChI is InChI=1S/C12H18O3/c1-8-7-10(15-11(8)13)12(14)6-4-3-5-9(12)2/h7,9-10,14H,3-6H2,1-2H3/t9-,10+,12+/m0/s1. The van der Waals surface area contributed by atoms with E-state index in [1.807, 2.05) is 6.92 Å². The SMILES string of the molecule is CC1=C[C@H]([C@@]2(O)CCCC[C@@H]2C)OC1=O. The van der Waals surface area contributed by atoms with Crippen LogP contribution in [0, 0.1) is 5.92 Å². The zero-order valence-corrected chi connectivity index (χ0v) is 9.32. The van der Waals surface area contributed by atoms with Gasteiger partial charge in [0.2, 0.25) is 0 Å². The van der Waals surface area contributed by atoms with Crippen molar-refractivity contribution in [3.63, 3.8) is 0 Å². The summed E-state index contributed by atoms with van der Waals surface area (Å²) in [5, 5.41) is 10.6. The molecule has 0 aromatic heterocycles. The van der Waals surface area contributed by atoms with Gasteiger partial charge in [-0.05, 0) is 31.8 Å². The molecule has 1 aliphatic carbocycles. The number of hydrogen-bond acceptors (Lipinski definition) is 3. The Balaban J connectivity index is 2.19. The third-order valence-electron chi connectivity index (χ3n) is 3.77.